The van der Waals surface area contributed by atoms with Crippen molar-refractivity contribution in [3.05, 3.63) is 88.7 Å². The number of anilines is 1. The minimum atomic E-state index is -1.15. The molecule has 0 saturated carbocycles. The standard InChI is InChI=1S/C26H24FN3O2S/c1-3-18-6-4-5-7-21(18)30-23(31)22-14-19-12-13-33-24(19)29(22)16-26(30,2)25(32)28-15-17-8-10-20(27)11-9-17/h4-14H,3,15-16H2,1-2H3,(H,28,32)/t26-/m0/s1. The quantitative estimate of drug-likeness (QED) is 0.447. The molecule has 168 valence electrons. The lowest BCUT2D eigenvalue weighted by atomic mass is 9.92. The van der Waals surface area contributed by atoms with Gasteiger partial charge in [-0.25, -0.2) is 4.39 Å². The summed E-state index contributed by atoms with van der Waals surface area (Å²) in [6.45, 7) is 4.45. The van der Waals surface area contributed by atoms with Crippen LogP contribution < -0.4 is 10.2 Å². The molecule has 0 spiro atoms. The smallest absolute Gasteiger partial charge is 0.275 e. The third kappa shape index (κ3) is 3.53. The van der Waals surface area contributed by atoms with Crippen molar-refractivity contribution < 1.29 is 14.0 Å². The van der Waals surface area contributed by atoms with E-state index in [1.54, 1.807) is 28.4 Å². The van der Waals surface area contributed by atoms with Gasteiger partial charge in [0.05, 0.1) is 6.54 Å². The number of nitrogens with zero attached hydrogens (tertiary/aromatic N) is 2. The first-order valence-corrected chi connectivity index (χ1v) is 11.8. The number of aryl methyl sites for hydroxylation is 1. The number of amides is 2. The molecule has 4 aromatic rings. The highest BCUT2D eigenvalue weighted by atomic mass is 32.1. The third-order valence-corrected chi connectivity index (χ3v) is 7.30. The molecule has 1 aliphatic heterocycles. The van der Waals surface area contributed by atoms with Gasteiger partial charge >= 0.3 is 0 Å². The van der Waals surface area contributed by atoms with Crippen molar-refractivity contribution >= 4 is 39.1 Å². The van der Waals surface area contributed by atoms with Crippen molar-refractivity contribution in [3.63, 3.8) is 0 Å². The van der Waals surface area contributed by atoms with Gasteiger partial charge in [0.1, 0.15) is 21.9 Å². The average molecular weight is 462 g/mol. The number of thiophene rings is 1. The molecule has 3 heterocycles. The third-order valence-electron chi connectivity index (χ3n) is 6.35. The van der Waals surface area contributed by atoms with E-state index < -0.39 is 5.54 Å². The van der Waals surface area contributed by atoms with Crippen LogP contribution in [0.3, 0.4) is 0 Å². The van der Waals surface area contributed by atoms with Gasteiger partial charge in [0.2, 0.25) is 5.91 Å². The van der Waals surface area contributed by atoms with E-state index in [4.69, 9.17) is 0 Å². The van der Waals surface area contributed by atoms with Gasteiger partial charge in [-0.1, -0.05) is 37.3 Å². The predicted octanol–water partition coefficient (Wildman–Crippen LogP) is 5.14. The Bertz CT molecular complexity index is 1360. The van der Waals surface area contributed by atoms with E-state index in [0.717, 1.165) is 33.5 Å². The molecule has 0 radical (unpaired) electrons. The lowest BCUT2D eigenvalue weighted by Crippen LogP contribution is -2.64. The molecule has 1 aliphatic rings. The van der Waals surface area contributed by atoms with E-state index >= 15 is 0 Å². The number of para-hydroxylation sites is 1. The second-order valence-corrected chi connectivity index (χ2v) is 9.40. The number of aromatic nitrogens is 1. The number of fused-ring (bicyclic) bond motifs is 3. The molecule has 2 aromatic heterocycles. The summed E-state index contributed by atoms with van der Waals surface area (Å²) in [5.74, 6) is -0.766. The van der Waals surface area contributed by atoms with Crippen LogP contribution in [0.4, 0.5) is 10.1 Å². The van der Waals surface area contributed by atoms with Gasteiger partial charge in [0.25, 0.3) is 5.91 Å². The van der Waals surface area contributed by atoms with E-state index in [1.165, 1.54) is 12.1 Å². The average Bonchev–Trinajstić information content (AvgIpc) is 3.41. The Labute approximate surface area is 195 Å². The molecule has 33 heavy (non-hydrogen) atoms. The van der Waals surface area contributed by atoms with Crippen LogP contribution in [-0.4, -0.2) is 21.9 Å². The summed E-state index contributed by atoms with van der Waals surface area (Å²) < 4.78 is 15.2. The van der Waals surface area contributed by atoms with Gasteiger partial charge in [-0.15, -0.1) is 11.3 Å². The van der Waals surface area contributed by atoms with Crippen LogP contribution in [-0.2, 0) is 24.3 Å². The maximum Gasteiger partial charge on any atom is 0.275 e. The molecule has 1 N–H and O–H groups in total. The topological polar surface area (TPSA) is 54.3 Å². The first kappa shape index (κ1) is 21.4. The van der Waals surface area contributed by atoms with Crippen LogP contribution in [0, 0.1) is 5.82 Å². The van der Waals surface area contributed by atoms with Gasteiger partial charge in [-0.3, -0.25) is 14.5 Å². The van der Waals surface area contributed by atoms with Crippen LogP contribution in [0.1, 0.15) is 35.5 Å². The van der Waals surface area contributed by atoms with Gasteiger partial charge in [-0.2, -0.15) is 0 Å². The normalized spacial score (nSPS) is 17.9. The number of rotatable bonds is 5. The van der Waals surface area contributed by atoms with Crippen LogP contribution in [0.15, 0.2) is 66.0 Å². The Morgan fingerprint density at radius 3 is 2.67 bits per heavy atom. The van der Waals surface area contributed by atoms with Gasteiger partial charge in [0.15, 0.2) is 0 Å². The fourth-order valence-corrected chi connectivity index (χ4v) is 5.47. The maximum absolute atomic E-state index is 13.9. The fourth-order valence-electron chi connectivity index (χ4n) is 4.58. The zero-order valence-electron chi connectivity index (χ0n) is 18.5. The first-order chi connectivity index (χ1) is 15.9. The van der Waals surface area contributed by atoms with Crippen LogP contribution in [0.5, 0.6) is 0 Å². The minimum absolute atomic E-state index is 0.190. The number of hydrogen-bond acceptors (Lipinski definition) is 3. The fraction of sp³-hybridized carbons (Fsp3) is 0.231. The van der Waals surface area contributed by atoms with E-state index in [2.05, 4.69) is 5.32 Å². The van der Waals surface area contributed by atoms with E-state index in [-0.39, 0.29) is 24.2 Å². The SMILES string of the molecule is CCc1ccccc1N1C(=O)c2cc3ccsc3n2C[C@@]1(C)C(=O)NCc1ccc(F)cc1. The zero-order valence-corrected chi connectivity index (χ0v) is 19.3. The monoisotopic (exact) mass is 461 g/mol. The van der Waals surface area contributed by atoms with Crippen molar-refractivity contribution in [1.29, 1.82) is 0 Å². The maximum atomic E-state index is 13.9. The highest BCUT2D eigenvalue weighted by molar-refractivity contribution is 7.16. The largest absolute Gasteiger partial charge is 0.350 e. The zero-order chi connectivity index (χ0) is 23.2. The van der Waals surface area contributed by atoms with Crippen LogP contribution in [0.25, 0.3) is 10.2 Å². The van der Waals surface area contributed by atoms with Gasteiger partial charge in [0, 0.05) is 17.6 Å². The summed E-state index contributed by atoms with van der Waals surface area (Å²) in [5.41, 5.74) is 1.99. The highest BCUT2D eigenvalue weighted by Crippen LogP contribution is 2.38. The van der Waals surface area contributed by atoms with Crippen LogP contribution >= 0.6 is 11.3 Å². The Morgan fingerprint density at radius 1 is 1.15 bits per heavy atom. The van der Waals surface area contributed by atoms with Crippen molar-refractivity contribution in [1.82, 2.24) is 9.88 Å². The van der Waals surface area contributed by atoms with Crippen molar-refractivity contribution in [2.75, 3.05) is 4.90 Å². The Kier molecular flexibility index (Phi) is 5.29. The highest BCUT2D eigenvalue weighted by Gasteiger charge is 2.49. The first-order valence-electron chi connectivity index (χ1n) is 10.9. The number of halogens is 1. The molecule has 0 saturated heterocycles. The Morgan fingerprint density at radius 2 is 1.91 bits per heavy atom. The minimum Gasteiger partial charge on any atom is -0.350 e. The van der Waals surface area contributed by atoms with E-state index in [1.807, 2.05) is 60.2 Å². The summed E-state index contributed by atoms with van der Waals surface area (Å²) in [4.78, 5) is 30.2. The van der Waals surface area contributed by atoms with Gasteiger partial charge < -0.3 is 9.88 Å². The van der Waals surface area contributed by atoms with E-state index in [9.17, 15) is 14.0 Å². The lowest BCUT2D eigenvalue weighted by molar-refractivity contribution is -0.126. The molecule has 0 aliphatic carbocycles. The van der Waals surface area contributed by atoms with Crippen molar-refractivity contribution in [3.8, 4) is 0 Å². The predicted molar refractivity (Wildman–Crippen MR) is 129 cm³/mol. The lowest BCUT2D eigenvalue weighted by Gasteiger charge is -2.44. The Hall–Kier alpha value is -3.45. The molecule has 5 rings (SSSR count). The van der Waals surface area contributed by atoms with E-state index in [0.29, 0.717) is 12.2 Å². The van der Waals surface area contributed by atoms with Gasteiger partial charge in [-0.05, 0) is 60.2 Å². The summed E-state index contributed by atoms with van der Waals surface area (Å²) in [7, 11) is 0. The molecule has 0 fully saturated rings. The molecular formula is C26H24FN3O2S. The molecule has 7 heteroatoms. The molecular weight excluding hydrogens is 437 g/mol. The molecule has 5 nitrogen and oxygen atoms in total. The number of hydrogen-bond donors (Lipinski definition) is 1. The molecule has 2 aromatic carbocycles. The summed E-state index contributed by atoms with van der Waals surface area (Å²) >= 11 is 1.56. The van der Waals surface area contributed by atoms with Crippen molar-refractivity contribution in [2.45, 2.75) is 38.9 Å². The number of carbonyl (C=O) groups excluding carboxylic acids is 2. The number of benzene rings is 2. The summed E-state index contributed by atoms with van der Waals surface area (Å²) in [5, 5.41) is 5.98. The second kappa shape index (κ2) is 8.15. The molecule has 0 bridgehead atoms. The van der Waals surface area contributed by atoms with Crippen molar-refractivity contribution in [2.24, 2.45) is 0 Å². The number of carbonyl (C=O) groups is 2. The number of nitrogens with one attached hydrogen (secondary N) is 1. The second-order valence-electron chi connectivity index (χ2n) is 8.50. The molecule has 2 amide bonds. The summed E-state index contributed by atoms with van der Waals surface area (Å²) in [6, 6.07) is 17.7. The summed E-state index contributed by atoms with van der Waals surface area (Å²) in [6.07, 6.45) is 0.739. The van der Waals surface area contributed by atoms with Crippen LogP contribution in [0.2, 0.25) is 0 Å². The molecule has 0 unspecified atom stereocenters. The Balaban J connectivity index is 1.58. The molecule has 1 atom stereocenters.